The zero-order chi connectivity index (χ0) is 15.6. The number of amides is 1. The minimum absolute atomic E-state index is 0.00972. The number of carboxylic acids is 1. The molecule has 21 heavy (non-hydrogen) atoms. The van der Waals surface area contributed by atoms with Crippen LogP contribution in [-0.2, 0) is 21.4 Å². The van der Waals surface area contributed by atoms with E-state index in [1.807, 2.05) is 38.1 Å². The largest absolute Gasteiger partial charge is 0.481 e. The Bertz CT molecular complexity index is 533. The van der Waals surface area contributed by atoms with Crippen LogP contribution in [0, 0.1) is 5.92 Å². The number of rotatable bonds is 4. The van der Waals surface area contributed by atoms with E-state index in [-0.39, 0.29) is 5.91 Å². The van der Waals surface area contributed by atoms with Crippen molar-refractivity contribution in [1.82, 2.24) is 4.90 Å². The molecule has 1 heterocycles. The van der Waals surface area contributed by atoms with E-state index in [9.17, 15) is 9.59 Å². The Morgan fingerprint density at radius 1 is 1.29 bits per heavy atom. The number of hydrogen-bond donors (Lipinski definition) is 1. The summed E-state index contributed by atoms with van der Waals surface area (Å²) >= 11 is 0. The highest BCUT2D eigenvalue weighted by molar-refractivity contribution is 5.88. The fraction of sp³-hybridized carbons (Fsp3) is 0.529. The van der Waals surface area contributed by atoms with E-state index in [0.29, 0.717) is 19.5 Å². The van der Waals surface area contributed by atoms with Crippen molar-refractivity contribution in [3.05, 3.63) is 35.4 Å². The van der Waals surface area contributed by atoms with Crippen molar-refractivity contribution in [1.29, 1.82) is 0 Å². The number of carbonyl (C=O) groups is 2. The number of hydrogen-bond acceptors (Lipinski definition) is 2. The summed E-state index contributed by atoms with van der Waals surface area (Å²) in [6.07, 6.45) is 1.52. The minimum atomic E-state index is -0.810. The van der Waals surface area contributed by atoms with Crippen molar-refractivity contribution in [2.24, 2.45) is 5.92 Å². The Morgan fingerprint density at radius 3 is 2.38 bits per heavy atom. The summed E-state index contributed by atoms with van der Waals surface area (Å²) in [6.45, 7) is 6.77. The van der Waals surface area contributed by atoms with Gasteiger partial charge in [-0.05, 0) is 37.8 Å². The van der Waals surface area contributed by atoms with Gasteiger partial charge in [0, 0.05) is 13.1 Å². The lowest BCUT2D eigenvalue weighted by Crippen LogP contribution is -2.42. The van der Waals surface area contributed by atoms with Gasteiger partial charge in [-0.3, -0.25) is 9.59 Å². The molecule has 2 rings (SSSR count). The monoisotopic (exact) mass is 289 g/mol. The van der Waals surface area contributed by atoms with Gasteiger partial charge in [0.15, 0.2) is 0 Å². The topological polar surface area (TPSA) is 57.6 Å². The van der Waals surface area contributed by atoms with Gasteiger partial charge in [-0.25, -0.2) is 0 Å². The number of likely N-dealkylation sites (tertiary alicyclic amines) is 1. The molecular weight excluding hydrogens is 266 g/mol. The molecule has 0 aliphatic carbocycles. The van der Waals surface area contributed by atoms with Crippen LogP contribution in [-0.4, -0.2) is 35.0 Å². The maximum Gasteiger partial charge on any atom is 0.308 e. The smallest absolute Gasteiger partial charge is 0.308 e. The first kappa shape index (κ1) is 15.5. The fourth-order valence-electron chi connectivity index (χ4n) is 2.82. The fourth-order valence-corrected chi connectivity index (χ4v) is 2.82. The Labute approximate surface area is 125 Å². The van der Waals surface area contributed by atoms with E-state index in [2.05, 4.69) is 6.92 Å². The first-order chi connectivity index (χ1) is 9.86. The van der Waals surface area contributed by atoms with E-state index in [1.165, 1.54) is 5.56 Å². The van der Waals surface area contributed by atoms with Gasteiger partial charge in [0.1, 0.15) is 0 Å². The van der Waals surface area contributed by atoms with E-state index < -0.39 is 17.3 Å². The standard InChI is InChI=1S/C17H23NO3/c1-4-12-5-7-14(8-6-12)17(2,3)16(21)18-10-9-13(11-18)15(19)20/h5-8,13H,4,9-11H2,1-3H3,(H,19,20). The van der Waals surface area contributed by atoms with E-state index in [1.54, 1.807) is 4.90 Å². The molecule has 1 aromatic rings. The number of carboxylic acid groups (broad SMARTS) is 1. The number of nitrogens with zero attached hydrogens (tertiary/aromatic N) is 1. The molecule has 0 spiro atoms. The Morgan fingerprint density at radius 2 is 1.90 bits per heavy atom. The Balaban J connectivity index is 2.14. The molecule has 1 atom stereocenters. The van der Waals surface area contributed by atoms with Crippen LogP contribution in [0.2, 0.25) is 0 Å². The van der Waals surface area contributed by atoms with E-state index in [4.69, 9.17) is 5.11 Å². The van der Waals surface area contributed by atoms with Gasteiger partial charge >= 0.3 is 5.97 Å². The molecule has 4 nitrogen and oxygen atoms in total. The maximum absolute atomic E-state index is 12.7. The van der Waals surface area contributed by atoms with Crippen LogP contribution in [0.25, 0.3) is 0 Å². The number of aliphatic carboxylic acids is 1. The van der Waals surface area contributed by atoms with Gasteiger partial charge in [0.25, 0.3) is 0 Å². The van der Waals surface area contributed by atoms with Crippen LogP contribution < -0.4 is 0 Å². The van der Waals surface area contributed by atoms with Gasteiger partial charge in [0.05, 0.1) is 11.3 Å². The van der Waals surface area contributed by atoms with Crippen LogP contribution in [0.3, 0.4) is 0 Å². The molecule has 1 aliphatic heterocycles. The molecule has 1 amide bonds. The van der Waals surface area contributed by atoms with Gasteiger partial charge in [-0.15, -0.1) is 0 Å². The summed E-state index contributed by atoms with van der Waals surface area (Å²) in [5.41, 5.74) is 1.59. The van der Waals surface area contributed by atoms with Crippen LogP contribution in [0.4, 0.5) is 0 Å². The normalized spacial score (nSPS) is 18.8. The molecule has 0 saturated carbocycles. The highest BCUT2D eigenvalue weighted by Gasteiger charge is 2.38. The van der Waals surface area contributed by atoms with Gasteiger partial charge in [0.2, 0.25) is 5.91 Å². The van der Waals surface area contributed by atoms with Crippen molar-refractivity contribution in [3.63, 3.8) is 0 Å². The molecule has 1 N–H and O–H groups in total. The molecule has 114 valence electrons. The van der Waals surface area contributed by atoms with Crippen molar-refractivity contribution < 1.29 is 14.7 Å². The van der Waals surface area contributed by atoms with E-state index in [0.717, 1.165) is 12.0 Å². The highest BCUT2D eigenvalue weighted by Crippen LogP contribution is 2.29. The van der Waals surface area contributed by atoms with Crippen molar-refractivity contribution in [2.75, 3.05) is 13.1 Å². The third-order valence-corrected chi connectivity index (χ3v) is 4.44. The summed E-state index contributed by atoms with van der Waals surface area (Å²) in [5, 5.41) is 9.05. The van der Waals surface area contributed by atoms with Crippen LogP contribution in [0.15, 0.2) is 24.3 Å². The Kier molecular flexibility index (Phi) is 4.35. The zero-order valence-corrected chi connectivity index (χ0v) is 12.9. The van der Waals surface area contributed by atoms with Gasteiger partial charge < -0.3 is 10.0 Å². The molecule has 1 unspecified atom stereocenters. The van der Waals surface area contributed by atoms with Gasteiger partial charge in [-0.1, -0.05) is 31.2 Å². The molecule has 1 aromatic carbocycles. The third kappa shape index (κ3) is 3.09. The summed E-state index contributed by atoms with van der Waals surface area (Å²) < 4.78 is 0. The molecule has 1 aliphatic rings. The predicted octanol–water partition coefficient (Wildman–Crippen LogP) is 2.46. The Hall–Kier alpha value is -1.84. The summed E-state index contributed by atoms with van der Waals surface area (Å²) in [4.78, 5) is 25.4. The second-order valence-electron chi connectivity index (χ2n) is 6.25. The van der Waals surface area contributed by atoms with Crippen molar-refractivity contribution in [2.45, 2.75) is 39.0 Å². The zero-order valence-electron chi connectivity index (χ0n) is 12.9. The van der Waals surface area contributed by atoms with E-state index >= 15 is 0 Å². The quantitative estimate of drug-likeness (QED) is 0.926. The number of aryl methyl sites for hydroxylation is 1. The van der Waals surface area contributed by atoms with Crippen molar-refractivity contribution in [3.8, 4) is 0 Å². The number of benzene rings is 1. The molecule has 0 radical (unpaired) electrons. The number of carbonyl (C=O) groups excluding carboxylic acids is 1. The molecule has 0 aromatic heterocycles. The molecule has 1 saturated heterocycles. The lowest BCUT2D eigenvalue weighted by Gasteiger charge is -2.29. The first-order valence-corrected chi connectivity index (χ1v) is 7.48. The second-order valence-corrected chi connectivity index (χ2v) is 6.25. The van der Waals surface area contributed by atoms with Gasteiger partial charge in [-0.2, -0.15) is 0 Å². The molecule has 4 heteroatoms. The highest BCUT2D eigenvalue weighted by atomic mass is 16.4. The second kappa shape index (κ2) is 5.88. The van der Waals surface area contributed by atoms with Crippen molar-refractivity contribution >= 4 is 11.9 Å². The molecule has 0 bridgehead atoms. The average Bonchev–Trinajstić information content (AvgIpc) is 2.96. The summed E-state index contributed by atoms with van der Waals surface area (Å²) in [5.74, 6) is -1.22. The first-order valence-electron chi connectivity index (χ1n) is 7.48. The lowest BCUT2D eigenvalue weighted by molar-refractivity contribution is -0.141. The molecule has 1 fully saturated rings. The average molecular weight is 289 g/mol. The SMILES string of the molecule is CCc1ccc(C(C)(C)C(=O)N2CCC(C(=O)O)C2)cc1. The predicted molar refractivity (Wildman–Crippen MR) is 81.2 cm³/mol. The third-order valence-electron chi connectivity index (χ3n) is 4.44. The summed E-state index contributed by atoms with van der Waals surface area (Å²) in [6, 6.07) is 8.10. The van der Waals surface area contributed by atoms with Crippen LogP contribution >= 0.6 is 0 Å². The minimum Gasteiger partial charge on any atom is -0.481 e. The molecular formula is C17H23NO3. The van der Waals surface area contributed by atoms with Crippen LogP contribution in [0.1, 0.15) is 38.3 Å². The summed E-state index contributed by atoms with van der Waals surface area (Å²) in [7, 11) is 0. The van der Waals surface area contributed by atoms with Crippen LogP contribution in [0.5, 0.6) is 0 Å². The lowest BCUT2D eigenvalue weighted by atomic mass is 9.82. The maximum atomic E-state index is 12.7.